The lowest BCUT2D eigenvalue weighted by atomic mass is 10.2. The summed E-state index contributed by atoms with van der Waals surface area (Å²) >= 11 is 0. The van der Waals surface area contributed by atoms with Crippen LogP contribution in [0, 0.1) is 20.8 Å². The van der Waals surface area contributed by atoms with Crippen molar-refractivity contribution in [2.24, 2.45) is 0 Å². The van der Waals surface area contributed by atoms with E-state index in [0.717, 1.165) is 28.3 Å². The maximum atomic E-state index is 11.8. The van der Waals surface area contributed by atoms with E-state index >= 15 is 0 Å². The maximum absolute atomic E-state index is 11.8. The van der Waals surface area contributed by atoms with Gasteiger partial charge in [0.25, 0.3) is 0 Å². The molecule has 2 aromatic rings. The average molecular weight is 281 g/mol. The second-order valence-corrected chi connectivity index (χ2v) is 4.89. The second kappa shape index (κ2) is 6.79. The Morgan fingerprint density at radius 3 is 2.43 bits per heavy atom. The Bertz CT molecular complexity index is 663. The first-order chi connectivity index (χ1) is 10.1. The van der Waals surface area contributed by atoms with Crippen LogP contribution < -0.4 is 5.32 Å². The third kappa shape index (κ3) is 4.24. The van der Waals surface area contributed by atoms with Crippen molar-refractivity contribution < 1.29 is 4.79 Å². The largest absolute Gasteiger partial charge is 0.347 e. The Balaban J connectivity index is 1.96. The molecule has 0 radical (unpaired) electrons. The summed E-state index contributed by atoms with van der Waals surface area (Å²) in [6, 6.07) is 9.71. The van der Waals surface area contributed by atoms with Gasteiger partial charge in [0.05, 0.1) is 29.3 Å². The number of nitrogens with zero attached hydrogens (tertiary/aromatic N) is 2. The molecule has 0 aliphatic heterocycles. The quantitative estimate of drug-likeness (QED) is 0.877. The van der Waals surface area contributed by atoms with Crippen molar-refractivity contribution in [2.45, 2.75) is 27.3 Å². The zero-order chi connectivity index (χ0) is 15.2. The third-order valence-corrected chi connectivity index (χ3v) is 3.24. The van der Waals surface area contributed by atoms with Crippen LogP contribution in [0.5, 0.6) is 0 Å². The fourth-order valence-corrected chi connectivity index (χ4v) is 1.89. The van der Waals surface area contributed by atoms with E-state index < -0.39 is 0 Å². The molecule has 0 saturated heterocycles. The molecule has 0 unspecified atom stereocenters. The number of aryl methyl sites for hydroxylation is 3. The van der Waals surface area contributed by atoms with Gasteiger partial charge >= 0.3 is 0 Å². The predicted octanol–water partition coefficient (Wildman–Crippen LogP) is 2.73. The van der Waals surface area contributed by atoms with Gasteiger partial charge in [-0.1, -0.05) is 30.3 Å². The van der Waals surface area contributed by atoms with Crippen LogP contribution in [0.3, 0.4) is 0 Å². The number of nitrogens with one attached hydrogen (secondary N) is 1. The van der Waals surface area contributed by atoms with Gasteiger partial charge in [-0.2, -0.15) is 0 Å². The molecule has 0 aliphatic carbocycles. The van der Waals surface area contributed by atoms with Crippen molar-refractivity contribution in [3.8, 4) is 0 Å². The van der Waals surface area contributed by atoms with Gasteiger partial charge in [0.2, 0.25) is 5.91 Å². The number of amides is 1. The van der Waals surface area contributed by atoms with Crippen molar-refractivity contribution in [2.75, 3.05) is 0 Å². The van der Waals surface area contributed by atoms with Crippen LogP contribution in [0.25, 0.3) is 6.08 Å². The fourth-order valence-electron chi connectivity index (χ4n) is 1.89. The minimum Gasteiger partial charge on any atom is -0.347 e. The molecule has 21 heavy (non-hydrogen) atoms. The molecule has 0 fully saturated rings. The summed E-state index contributed by atoms with van der Waals surface area (Å²) in [5, 5.41) is 2.83. The highest BCUT2D eigenvalue weighted by Gasteiger charge is 2.06. The Hall–Kier alpha value is -2.49. The lowest BCUT2D eigenvalue weighted by Crippen LogP contribution is -2.22. The van der Waals surface area contributed by atoms with Gasteiger partial charge in [-0.15, -0.1) is 0 Å². The fraction of sp³-hybridized carbons (Fsp3) is 0.235. The van der Waals surface area contributed by atoms with Crippen LogP contribution in [0.4, 0.5) is 0 Å². The predicted molar refractivity (Wildman–Crippen MR) is 83.6 cm³/mol. The third-order valence-electron chi connectivity index (χ3n) is 3.24. The molecule has 2 rings (SSSR count). The molecule has 108 valence electrons. The molecule has 1 aromatic heterocycles. The topological polar surface area (TPSA) is 54.9 Å². The first-order valence-corrected chi connectivity index (χ1v) is 6.88. The first kappa shape index (κ1) is 14.9. The van der Waals surface area contributed by atoms with E-state index in [2.05, 4.69) is 15.3 Å². The number of benzene rings is 1. The Morgan fingerprint density at radius 2 is 1.71 bits per heavy atom. The average Bonchev–Trinajstić information content (AvgIpc) is 2.48. The summed E-state index contributed by atoms with van der Waals surface area (Å²) in [4.78, 5) is 20.7. The summed E-state index contributed by atoms with van der Waals surface area (Å²) in [7, 11) is 0. The highest BCUT2D eigenvalue weighted by molar-refractivity contribution is 5.91. The monoisotopic (exact) mass is 281 g/mol. The zero-order valence-corrected chi connectivity index (χ0v) is 12.6. The van der Waals surface area contributed by atoms with Crippen LogP contribution in [0.1, 0.15) is 28.3 Å². The number of hydrogen-bond donors (Lipinski definition) is 1. The molecule has 1 heterocycles. The maximum Gasteiger partial charge on any atom is 0.244 e. The number of aromatic nitrogens is 2. The molecule has 1 N–H and O–H groups in total. The Labute approximate surface area is 125 Å². The normalized spacial score (nSPS) is 10.8. The molecule has 0 spiro atoms. The summed E-state index contributed by atoms with van der Waals surface area (Å²) in [6.07, 6.45) is 3.31. The summed E-state index contributed by atoms with van der Waals surface area (Å²) in [5.74, 6) is -0.140. The molecule has 0 bridgehead atoms. The standard InChI is InChI=1S/C17H19N3O/c1-12-13(2)20-16(14(3)19-12)11-18-17(21)10-9-15-7-5-4-6-8-15/h4-10H,11H2,1-3H3,(H,18,21)/b10-9+. The molecule has 0 saturated carbocycles. The number of carbonyl (C=O) groups excluding carboxylic acids is 1. The highest BCUT2D eigenvalue weighted by atomic mass is 16.1. The van der Waals surface area contributed by atoms with Crippen molar-refractivity contribution in [1.82, 2.24) is 15.3 Å². The Kier molecular flexibility index (Phi) is 4.82. The zero-order valence-electron chi connectivity index (χ0n) is 12.6. The number of carbonyl (C=O) groups is 1. The van der Waals surface area contributed by atoms with Gasteiger partial charge in [-0.3, -0.25) is 14.8 Å². The van der Waals surface area contributed by atoms with Crippen LogP contribution in [0.2, 0.25) is 0 Å². The molecule has 4 nitrogen and oxygen atoms in total. The van der Waals surface area contributed by atoms with Gasteiger partial charge in [-0.25, -0.2) is 0 Å². The van der Waals surface area contributed by atoms with E-state index in [4.69, 9.17) is 0 Å². The summed E-state index contributed by atoms with van der Waals surface area (Å²) in [5.41, 5.74) is 4.47. The van der Waals surface area contributed by atoms with Crippen molar-refractivity contribution in [1.29, 1.82) is 0 Å². The smallest absolute Gasteiger partial charge is 0.244 e. The number of hydrogen-bond acceptors (Lipinski definition) is 3. The molecule has 0 aliphatic rings. The summed E-state index contributed by atoms with van der Waals surface area (Å²) < 4.78 is 0. The molecule has 4 heteroatoms. The van der Waals surface area contributed by atoms with Gasteiger partial charge in [0.15, 0.2) is 0 Å². The number of rotatable bonds is 4. The van der Waals surface area contributed by atoms with E-state index in [9.17, 15) is 4.79 Å². The van der Waals surface area contributed by atoms with Gasteiger partial charge < -0.3 is 5.32 Å². The van der Waals surface area contributed by atoms with Crippen LogP contribution >= 0.6 is 0 Å². The molecular formula is C17H19N3O. The van der Waals surface area contributed by atoms with Crippen LogP contribution in [-0.4, -0.2) is 15.9 Å². The highest BCUT2D eigenvalue weighted by Crippen LogP contribution is 2.06. The van der Waals surface area contributed by atoms with E-state index in [1.165, 1.54) is 6.08 Å². The first-order valence-electron chi connectivity index (χ1n) is 6.88. The van der Waals surface area contributed by atoms with E-state index in [-0.39, 0.29) is 5.91 Å². The van der Waals surface area contributed by atoms with Crippen molar-refractivity contribution in [3.63, 3.8) is 0 Å². The molecule has 1 aromatic carbocycles. The summed E-state index contributed by atoms with van der Waals surface area (Å²) in [6.45, 7) is 6.14. The van der Waals surface area contributed by atoms with Gasteiger partial charge in [0.1, 0.15) is 0 Å². The van der Waals surface area contributed by atoms with E-state index in [1.807, 2.05) is 51.1 Å². The molecule has 0 atom stereocenters. The van der Waals surface area contributed by atoms with Crippen molar-refractivity contribution >= 4 is 12.0 Å². The minimum absolute atomic E-state index is 0.140. The molecule has 1 amide bonds. The van der Waals surface area contributed by atoms with Crippen molar-refractivity contribution in [3.05, 3.63) is 64.7 Å². The molecular weight excluding hydrogens is 262 g/mol. The van der Waals surface area contributed by atoms with Crippen LogP contribution in [0.15, 0.2) is 36.4 Å². The van der Waals surface area contributed by atoms with Gasteiger partial charge in [0, 0.05) is 6.08 Å². The lowest BCUT2D eigenvalue weighted by molar-refractivity contribution is -0.116. The minimum atomic E-state index is -0.140. The lowest BCUT2D eigenvalue weighted by Gasteiger charge is -2.08. The second-order valence-electron chi connectivity index (χ2n) is 4.89. The van der Waals surface area contributed by atoms with E-state index in [0.29, 0.717) is 6.54 Å². The van der Waals surface area contributed by atoms with Crippen LogP contribution in [-0.2, 0) is 11.3 Å². The Morgan fingerprint density at radius 1 is 1.05 bits per heavy atom. The SMILES string of the molecule is Cc1nc(C)c(CNC(=O)/C=C/c2ccccc2)nc1C. The van der Waals surface area contributed by atoms with E-state index in [1.54, 1.807) is 6.08 Å². The van der Waals surface area contributed by atoms with Gasteiger partial charge in [-0.05, 0) is 32.4 Å².